The Balaban J connectivity index is 1.87. The highest BCUT2D eigenvalue weighted by atomic mass is 16.5. The number of rotatable bonds is 7. The van der Waals surface area contributed by atoms with Gasteiger partial charge < -0.3 is 14.0 Å². The smallest absolute Gasteiger partial charge is 0.355 e. The summed E-state index contributed by atoms with van der Waals surface area (Å²) >= 11 is 0. The van der Waals surface area contributed by atoms with E-state index in [2.05, 4.69) is 0 Å². The number of ether oxygens (including phenoxy) is 2. The molecule has 0 saturated carbocycles. The molecule has 0 amide bonds. The molecule has 0 fully saturated rings. The Bertz CT molecular complexity index is 575. The molecular weight excluding hydrogens is 266 g/mol. The van der Waals surface area contributed by atoms with Gasteiger partial charge in [0.05, 0.1) is 13.2 Å². The van der Waals surface area contributed by atoms with Crippen LogP contribution in [0.15, 0.2) is 42.6 Å². The number of esters is 1. The average molecular weight is 287 g/mol. The quantitative estimate of drug-likeness (QED) is 0.578. The van der Waals surface area contributed by atoms with Crippen molar-refractivity contribution < 1.29 is 14.3 Å². The van der Waals surface area contributed by atoms with E-state index in [1.54, 1.807) is 0 Å². The number of hydrogen-bond donors (Lipinski definition) is 0. The van der Waals surface area contributed by atoms with E-state index in [0.717, 1.165) is 24.3 Å². The van der Waals surface area contributed by atoms with Gasteiger partial charge in [-0.2, -0.15) is 0 Å². The van der Waals surface area contributed by atoms with Gasteiger partial charge in [-0.3, -0.25) is 0 Å². The van der Waals surface area contributed by atoms with Gasteiger partial charge in [-0.1, -0.05) is 18.2 Å². The van der Waals surface area contributed by atoms with Crippen molar-refractivity contribution in [2.24, 2.45) is 0 Å². The van der Waals surface area contributed by atoms with Crippen LogP contribution in [0.3, 0.4) is 0 Å². The van der Waals surface area contributed by atoms with Gasteiger partial charge in [-0.25, -0.2) is 4.79 Å². The van der Waals surface area contributed by atoms with Crippen LogP contribution < -0.4 is 4.74 Å². The first-order chi connectivity index (χ1) is 10.2. The number of para-hydroxylation sites is 1. The summed E-state index contributed by atoms with van der Waals surface area (Å²) in [6, 6.07) is 11.7. The Hall–Kier alpha value is -2.23. The maximum Gasteiger partial charge on any atom is 0.355 e. The number of aryl methyl sites for hydroxylation is 2. The molecule has 0 aliphatic heterocycles. The maximum atomic E-state index is 11.9. The fourth-order valence-electron chi connectivity index (χ4n) is 2.19. The monoisotopic (exact) mass is 287 g/mol. The molecule has 0 aliphatic rings. The Morgan fingerprint density at radius 3 is 2.67 bits per heavy atom. The van der Waals surface area contributed by atoms with Gasteiger partial charge in [0.2, 0.25) is 0 Å². The molecule has 112 valence electrons. The zero-order valence-corrected chi connectivity index (χ0v) is 12.5. The van der Waals surface area contributed by atoms with E-state index in [9.17, 15) is 4.79 Å². The normalized spacial score (nSPS) is 10.4. The Morgan fingerprint density at radius 2 is 1.95 bits per heavy atom. The summed E-state index contributed by atoms with van der Waals surface area (Å²) in [5, 5.41) is 0. The summed E-state index contributed by atoms with van der Waals surface area (Å²) < 4.78 is 12.7. The van der Waals surface area contributed by atoms with E-state index in [0.29, 0.717) is 18.9 Å². The van der Waals surface area contributed by atoms with E-state index in [4.69, 9.17) is 9.47 Å². The predicted octanol–water partition coefficient (Wildman–Crippen LogP) is 3.44. The van der Waals surface area contributed by atoms with Crippen LogP contribution in [0, 0.1) is 6.92 Å². The van der Waals surface area contributed by atoms with Crippen LogP contribution in [0.1, 0.15) is 29.4 Å². The van der Waals surface area contributed by atoms with E-state index in [-0.39, 0.29) is 5.97 Å². The minimum Gasteiger partial charge on any atom is -0.494 e. The van der Waals surface area contributed by atoms with Gasteiger partial charge >= 0.3 is 5.97 Å². The second kappa shape index (κ2) is 7.53. The number of aromatic nitrogens is 1. The van der Waals surface area contributed by atoms with Crippen LogP contribution in [0.2, 0.25) is 0 Å². The highest BCUT2D eigenvalue weighted by molar-refractivity contribution is 5.89. The first kappa shape index (κ1) is 15.2. The lowest BCUT2D eigenvalue weighted by molar-refractivity contribution is 0.0512. The van der Waals surface area contributed by atoms with Crippen molar-refractivity contribution in [1.29, 1.82) is 0 Å². The van der Waals surface area contributed by atoms with Gasteiger partial charge in [0, 0.05) is 12.7 Å². The lowest BCUT2D eigenvalue weighted by Crippen LogP contribution is -2.14. The van der Waals surface area contributed by atoms with E-state index >= 15 is 0 Å². The van der Waals surface area contributed by atoms with Crippen molar-refractivity contribution >= 4 is 5.97 Å². The van der Waals surface area contributed by atoms with Gasteiger partial charge in [-0.05, 0) is 44.0 Å². The zero-order valence-electron chi connectivity index (χ0n) is 12.5. The van der Waals surface area contributed by atoms with E-state index < -0.39 is 0 Å². The standard InChI is InChI=1S/C17H21NO3/c1-3-20-17(19)16-14(2)10-12-18(16)11-7-13-21-15-8-5-4-6-9-15/h4-6,8-10,12H,3,7,11,13H2,1-2H3. The maximum absolute atomic E-state index is 11.9. The Kier molecular flexibility index (Phi) is 5.43. The molecule has 2 rings (SSSR count). The summed E-state index contributed by atoms with van der Waals surface area (Å²) in [4.78, 5) is 11.9. The lowest BCUT2D eigenvalue weighted by atomic mass is 10.2. The van der Waals surface area contributed by atoms with Crippen molar-refractivity contribution in [3.05, 3.63) is 53.9 Å². The lowest BCUT2D eigenvalue weighted by Gasteiger charge is -2.10. The van der Waals surface area contributed by atoms with Crippen LogP contribution in [-0.4, -0.2) is 23.8 Å². The summed E-state index contributed by atoms with van der Waals surface area (Å²) in [7, 11) is 0. The third-order valence-corrected chi connectivity index (χ3v) is 3.19. The SMILES string of the molecule is CCOC(=O)c1c(C)ccn1CCCOc1ccccc1. The molecule has 0 atom stereocenters. The fourth-order valence-corrected chi connectivity index (χ4v) is 2.19. The van der Waals surface area contributed by atoms with Crippen molar-refractivity contribution in [3.63, 3.8) is 0 Å². The number of nitrogens with zero attached hydrogens (tertiary/aromatic N) is 1. The van der Waals surface area contributed by atoms with E-state index in [1.165, 1.54) is 0 Å². The van der Waals surface area contributed by atoms with Crippen LogP contribution >= 0.6 is 0 Å². The van der Waals surface area contributed by atoms with E-state index in [1.807, 2.05) is 61.0 Å². The Labute approximate surface area is 125 Å². The molecule has 1 heterocycles. The van der Waals surface area contributed by atoms with Gasteiger partial charge in [0.15, 0.2) is 0 Å². The van der Waals surface area contributed by atoms with Gasteiger partial charge in [0.1, 0.15) is 11.4 Å². The summed E-state index contributed by atoms with van der Waals surface area (Å²) in [5.41, 5.74) is 1.58. The summed E-state index contributed by atoms with van der Waals surface area (Å²) in [6.07, 6.45) is 2.75. The largest absolute Gasteiger partial charge is 0.494 e. The highest BCUT2D eigenvalue weighted by Gasteiger charge is 2.15. The molecule has 0 radical (unpaired) electrons. The second-order valence-corrected chi connectivity index (χ2v) is 4.78. The molecule has 0 spiro atoms. The molecule has 0 bridgehead atoms. The van der Waals surface area contributed by atoms with Crippen LogP contribution in [0.5, 0.6) is 5.75 Å². The molecule has 0 N–H and O–H groups in total. The third-order valence-electron chi connectivity index (χ3n) is 3.19. The first-order valence-electron chi connectivity index (χ1n) is 7.23. The topological polar surface area (TPSA) is 40.5 Å². The van der Waals surface area contributed by atoms with Crippen LogP contribution in [0.4, 0.5) is 0 Å². The fraction of sp³-hybridized carbons (Fsp3) is 0.353. The number of benzene rings is 1. The molecule has 21 heavy (non-hydrogen) atoms. The second-order valence-electron chi connectivity index (χ2n) is 4.78. The molecule has 0 aliphatic carbocycles. The predicted molar refractivity (Wildman–Crippen MR) is 81.7 cm³/mol. The first-order valence-corrected chi connectivity index (χ1v) is 7.23. The molecule has 0 unspecified atom stereocenters. The van der Waals surface area contributed by atoms with Crippen molar-refractivity contribution in [2.45, 2.75) is 26.8 Å². The van der Waals surface area contributed by atoms with Crippen molar-refractivity contribution in [2.75, 3.05) is 13.2 Å². The van der Waals surface area contributed by atoms with Crippen LogP contribution in [-0.2, 0) is 11.3 Å². The molecule has 1 aromatic heterocycles. The summed E-state index contributed by atoms with van der Waals surface area (Å²) in [6.45, 7) is 5.47. The molecule has 2 aromatic rings. The third kappa shape index (κ3) is 4.12. The zero-order chi connectivity index (χ0) is 15.1. The van der Waals surface area contributed by atoms with Gasteiger partial charge in [-0.15, -0.1) is 0 Å². The van der Waals surface area contributed by atoms with Crippen molar-refractivity contribution in [1.82, 2.24) is 4.57 Å². The average Bonchev–Trinajstić information content (AvgIpc) is 2.86. The minimum atomic E-state index is -0.260. The number of carbonyl (C=O) groups excluding carboxylic acids is 1. The highest BCUT2D eigenvalue weighted by Crippen LogP contribution is 2.13. The molecular formula is C17H21NO3. The molecule has 0 saturated heterocycles. The number of hydrogen-bond acceptors (Lipinski definition) is 3. The molecule has 4 heteroatoms. The minimum absolute atomic E-state index is 0.260. The Morgan fingerprint density at radius 1 is 1.19 bits per heavy atom. The van der Waals surface area contributed by atoms with Gasteiger partial charge in [0.25, 0.3) is 0 Å². The molecule has 4 nitrogen and oxygen atoms in total. The number of carbonyl (C=O) groups is 1. The molecule has 1 aromatic carbocycles. The van der Waals surface area contributed by atoms with Crippen molar-refractivity contribution in [3.8, 4) is 5.75 Å². The van der Waals surface area contributed by atoms with Crippen LogP contribution in [0.25, 0.3) is 0 Å². The summed E-state index contributed by atoms with van der Waals surface area (Å²) in [5.74, 6) is 0.607.